The van der Waals surface area contributed by atoms with E-state index in [1.807, 2.05) is 89.2 Å². The lowest BCUT2D eigenvalue weighted by Crippen LogP contribution is -2.56. The highest BCUT2D eigenvalue weighted by molar-refractivity contribution is 9.10. The van der Waals surface area contributed by atoms with Gasteiger partial charge in [-0.2, -0.15) is 0 Å². The molecule has 0 aliphatic rings. The van der Waals surface area contributed by atoms with E-state index in [0.717, 1.165) is 31.0 Å². The number of benzene rings is 4. The second kappa shape index (κ2) is 14.4. The molecule has 0 spiro atoms. The van der Waals surface area contributed by atoms with Gasteiger partial charge in [-0.3, -0.25) is 13.9 Å². The minimum atomic E-state index is -4.15. The molecule has 0 bridgehead atoms. The van der Waals surface area contributed by atoms with Crippen LogP contribution in [0.2, 0.25) is 0 Å². The molecule has 4 rings (SSSR count). The van der Waals surface area contributed by atoms with Crippen LogP contribution in [0.1, 0.15) is 43.0 Å². The first-order valence-electron chi connectivity index (χ1n) is 14.8. The van der Waals surface area contributed by atoms with Crippen LogP contribution in [0.15, 0.2) is 112 Å². The topological polar surface area (TPSA) is 86.8 Å². The maximum atomic E-state index is 14.5. The normalized spacial score (nSPS) is 12.3. The summed E-state index contributed by atoms with van der Waals surface area (Å²) in [7, 11) is -4.15. The van der Waals surface area contributed by atoms with E-state index in [-0.39, 0.29) is 23.8 Å². The van der Waals surface area contributed by atoms with Gasteiger partial charge in [0.15, 0.2) is 0 Å². The first kappa shape index (κ1) is 33.9. The Bertz CT molecular complexity index is 1700. The molecular formula is C36H40BrN3O4S. The monoisotopic (exact) mass is 689 g/mol. The molecule has 2 amide bonds. The number of hydrogen-bond donors (Lipinski definition) is 1. The lowest BCUT2D eigenvalue weighted by Gasteiger charge is -2.35. The average molecular weight is 691 g/mol. The molecule has 0 saturated carbocycles. The Morgan fingerprint density at radius 2 is 1.33 bits per heavy atom. The molecule has 0 unspecified atom stereocenters. The molecule has 0 aliphatic heterocycles. The summed E-state index contributed by atoms with van der Waals surface area (Å²) in [4.78, 5) is 30.1. The largest absolute Gasteiger partial charge is 0.350 e. The number of nitrogens with zero attached hydrogens (tertiary/aromatic N) is 2. The van der Waals surface area contributed by atoms with E-state index < -0.39 is 34.1 Å². The number of rotatable bonds is 11. The van der Waals surface area contributed by atoms with Crippen LogP contribution in [0.3, 0.4) is 0 Å². The van der Waals surface area contributed by atoms with Crippen LogP contribution in [0.25, 0.3) is 0 Å². The van der Waals surface area contributed by atoms with Crippen molar-refractivity contribution in [3.63, 3.8) is 0 Å². The van der Waals surface area contributed by atoms with Crippen molar-refractivity contribution >= 4 is 43.5 Å². The van der Waals surface area contributed by atoms with Crippen LogP contribution < -0.4 is 9.62 Å². The Labute approximate surface area is 275 Å². The molecule has 4 aromatic carbocycles. The number of nitrogens with one attached hydrogen (secondary N) is 1. The van der Waals surface area contributed by atoms with Crippen molar-refractivity contribution in [2.45, 2.75) is 64.1 Å². The molecule has 236 valence electrons. The number of amides is 2. The van der Waals surface area contributed by atoms with Crippen molar-refractivity contribution in [2.75, 3.05) is 10.8 Å². The first-order chi connectivity index (χ1) is 21.2. The van der Waals surface area contributed by atoms with Crippen LogP contribution in [0.4, 0.5) is 5.69 Å². The zero-order valence-electron chi connectivity index (χ0n) is 26.3. The Morgan fingerprint density at radius 1 is 0.778 bits per heavy atom. The van der Waals surface area contributed by atoms with E-state index in [2.05, 4.69) is 21.2 Å². The number of halogens is 1. The fraction of sp³-hybridized carbons (Fsp3) is 0.278. The van der Waals surface area contributed by atoms with Crippen molar-refractivity contribution in [1.82, 2.24) is 10.2 Å². The number of carbonyl (C=O) groups excluding carboxylic acids is 2. The zero-order valence-corrected chi connectivity index (χ0v) is 28.7. The van der Waals surface area contributed by atoms with E-state index in [1.165, 1.54) is 4.90 Å². The molecule has 7 nitrogen and oxygen atoms in total. The third-order valence-electron chi connectivity index (χ3n) is 7.25. The Kier molecular flexibility index (Phi) is 10.9. The van der Waals surface area contributed by atoms with Crippen molar-refractivity contribution in [2.24, 2.45) is 0 Å². The number of aryl methyl sites for hydroxylation is 2. The molecule has 0 heterocycles. The maximum absolute atomic E-state index is 14.5. The molecule has 0 radical (unpaired) electrons. The molecule has 0 fully saturated rings. The molecule has 1 N–H and O–H groups in total. The van der Waals surface area contributed by atoms with Crippen molar-refractivity contribution in [1.29, 1.82) is 0 Å². The highest BCUT2D eigenvalue weighted by Gasteiger charge is 2.35. The van der Waals surface area contributed by atoms with Gasteiger partial charge in [0, 0.05) is 23.0 Å². The van der Waals surface area contributed by atoms with E-state index in [4.69, 9.17) is 0 Å². The lowest BCUT2D eigenvalue weighted by atomic mass is 10.0. The molecular weight excluding hydrogens is 650 g/mol. The summed E-state index contributed by atoms with van der Waals surface area (Å²) in [5.74, 6) is -0.817. The van der Waals surface area contributed by atoms with Crippen LogP contribution in [0, 0.1) is 13.8 Å². The third kappa shape index (κ3) is 9.28. The summed E-state index contributed by atoms with van der Waals surface area (Å²) in [6.45, 7) is 9.14. The number of carbonyl (C=O) groups is 2. The van der Waals surface area contributed by atoms with Gasteiger partial charge in [0.2, 0.25) is 11.8 Å². The molecule has 4 aromatic rings. The summed E-state index contributed by atoms with van der Waals surface area (Å²) in [6, 6.07) is 29.7. The van der Waals surface area contributed by atoms with Crippen LogP contribution in [0.5, 0.6) is 0 Å². The number of anilines is 1. The quantitative estimate of drug-likeness (QED) is 0.187. The Balaban J connectivity index is 1.81. The molecule has 1 atom stereocenters. The predicted octanol–water partition coefficient (Wildman–Crippen LogP) is 6.82. The van der Waals surface area contributed by atoms with Crippen molar-refractivity contribution < 1.29 is 18.0 Å². The number of sulfonamides is 1. The van der Waals surface area contributed by atoms with Gasteiger partial charge < -0.3 is 10.2 Å². The second-order valence-corrected chi connectivity index (χ2v) is 15.0. The highest BCUT2D eigenvalue weighted by atomic mass is 79.9. The van der Waals surface area contributed by atoms with Gasteiger partial charge in [-0.25, -0.2) is 8.42 Å². The molecule has 0 aromatic heterocycles. The van der Waals surface area contributed by atoms with Crippen LogP contribution in [-0.2, 0) is 32.6 Å². The van der Waals surface area contributed by atoms with E-state index in [1.54, 1.807) is 48.5 Å². The second-order valence-electron chi connectivity index (χ2n) is 12.3. The predicted molar refractivity (Wildman–Crippen MR) is 183 cm³/mol. The van der Waals surface area contributed by atoms with E-state index in [9.17, 15) is 18.0 Å². The van der Waals surface area contributed by atoms with Gasteiger partial charge in [0.1, 0.15) is 12.6 Å². The third-order valence-corrected chi connectivity index (χ3v) is 9.56. The minimum absolute atomic E-state index is 0.0696. The van der Waals surface area contributed by atoms with E-state index in [0.29, 0.717) is 5.69 Å². The molecule has 0 aliphatic carbocycles. The summed E-state index contributed by atoms with van der Waals surface area (Å²) in [5, 5.41) is 3.05. The smallest absolute Gasteiger partial charge is 0.264 e. The van der Waals surface area contributed by atoms with Gasteiger partial charge in [-0.1, -0.05) is 93.8 Å². The molecule has 0 saturated heterocycles. The van der Waals surface area contributed by atoms with Gasteiger partial charge in [-0.05, 0) is 82.1 Å². The average Bonchev–Trinajstić information content (AvgIpc) is 2.99. The molecule has 9 heteroatoms. The lowest BCUT2D eigenvalue weighted by molar-refractivity contribution is -0.140. The fourth-order valence-electron chi connectivity index (χ4n) is 4.87. The first-order valence-corrected chi connectivity index (χ1v) is 17.0. The van der Waals surface area contributed by atoms with Gasteiger partial charge in [-0.15, -0.1) is 0 Å². The van der Waals surface area contributed by atoms with Gasteiger partial charge >= 0.3 is 0 Å². The van der Waals surface area contributed by atoms with Crippen molar-refractivity contribution in [3.05, 3.63) is 130 Å². The highest BCUT2D eigenvalue weighted by Crippen LogP contribution is 2.27. The fourth-order valence-corrected chi connectivity index (χ4v) is 6.55. The van der Waals surface area contributed by atoms with Gasteiger partial charge in [0.25, 0.3) is 10.0 Å². The summed E-state index contributed by atoms with van der Waals surface area (Å²) >= 11 is 3.42. The Morgan fingerprint density at radius 3 is 1.89 bits per heavy atom. The SMILES string of the molecule is Cc1ccc(CN(C(=O)CN(c2ccc(Br)cc2)S(=O)(=O)c2ccc(C)cc2)[C@@H](Cc2ccccc2)C(=O)NC(C)(C)C)cc1. The van der Waals surface area contributed by atoms with Crippen molar-refractivity contribution in [3.8, 4) is 0 Å². The zero-order chi connectivity index (χ0) is 32.8. The Hall–Kier alpha value is -3.95. The maximum Gasteiger partial charge on any atom is 0.264 e. The van der Waals surface area contributed by atoms with Crippen LogP contribution in [-0.4, -0.2) is 43.3 Å². The van der Waals surface area contributed by atoms with Crippen LogP contribution >= 0.6 is 15.9 Å². The van der Waals surface area contributed by atoms with E-state index >= 15 is 0 Å². The summed E-state index contributed by atoms with van der Waals surface area (Å²) < 4.78 is 30.2. The minimum Gasteiger partial charge on any atom is -0.350 e. The summed E-state index contributed by atoms with van der Waals surface area (Å²) in [6.07, 6.45) is 0.253. The number of hydrogen-bond acceptors (Lipinski definition) is 4. The molecule has 45 heavy (non-hydrogen) atoms. The standard InChI is InChI=1S/C36H40BrN3O4S/c1-26-11-15-29(16-12-26)24-39(33(35(42)38-36(3,4)5)23-28-9-7-6-8-10-28)34(41)25-40(31-19-17-30(37)18-20-31)45(43,44)32-21-13-27(2)14-22-32/h6-22,33H,23-25H2,1-5H3,(H,38,42)/t33-/m0/s1. The van der Waals surface area contributed by atoms with Gasteiger partial charge in [0.05, 0.1) is 10.6 Å². The summed E-state index contributed by atoms with van der Waals surface area (Å²) in [5.41, 5.74) is 3.47.